The molecule has 2 atom stereocenters. The topological polar surface area (TPSA) is 53.6 Å². The van der Waals surface area contributed by atoms with Gasteiger partial charge in [-0.2, -0.15) is 0 Å². The van der Waals surface area contributed by atoms with E-state index < -0.39 is 0 Å². The molecule has 1 amide bonds. The lowest BCUT2D eigenvalue weighted by atomic mass is 9.84. The van der Waals surface area contributed by atoms with Crippen LogP contribution < -0.4 is 15.4 Å². The molecule has 1 aliphatic carbocycles. The van der Waals surface area contributed by atoms with Crippen molar-refractivity contribution in [3.63, 3.8) is 0 Å². The molecule has 182 valence electrons. The molecular formula is C28H36FN3O2. The van der Waals surface area contributed by atoms with Gasteiger partial charge >= 0.3 is 0 Å². The van der Waals surface area contributed by atoms with Crippen molar-refractivity contribution in [2.24, 2.45) is 0 Å². The van der Waals surface area contributed by atoms with E-state index in [4.69, 9.17) is 4.74 Å². The highest BCUT2D eigenvalue weighted by Gasteiger charge is 2.31. The van der Waals surface area contributed by atoms with E-state index in [1.54, 1.807) is 0 Å². The third-order valence-electron chi connectivity index (χ3n) is 7.39. The minimum atomic E-state index is -0.209. The van der Waals surface area contributed by atoms with E-state index in [-0.39, 0.29) is 17.8 Å². The zero-order chi connectivity index (χ0) is 23.3. The van der Waals surface area contributed by atoms with Gasteiger partial charge in [-0.1, -0.05) is 24.3 Å². The highest BCUT2D eigenvalue weighted by molar-refractivity contribution is 5.82. The van der Waals surface area contributed by atoms with Gasteiger partial charge in [0.15, 0.2) is 0 Å². The Balaban J connectivity index is 1.32. The summed E-state index contributed by atoms with van der Waals surface area (Å²) in [6.45, 7) is 4.72. The van der Waals surface area contributed by atoms with Crippen LogP contribution in [-0.2, 0) is 11.3 Å². The average molecular weight is 466 g/mol. The van der Waals surface area contributed by atoms with Crippen molar-refractivity contribution in [2.75, 3.05) is 32.8 Å². The van der Waals surface area contributed by atoms with Crippen molar-refractivity contribution in [1.82, 2.24) is 15.5 Å². The summed E-state index contributed by atoms with van der Waals surface area (Å²) < 4.78 is 19.7. The fraction of sp³-hybridized carbons (Fsp3) is 0.536. The number of hydrogen-bond acceptors (Lipinski definition) is 4. The Bertz CT molecular complexity index is 976. The van der Waals surface area contributed by atoms with Gasteiger partial charge < -0.3 is 15.4 Å². The third-order valence-corrected chi connectivity index (χ3v) is 7.39. The fourth-order valence-corrected chi connectivity index (χ4v) is 5.31. The largest absolute Gasteiger partial charge is 0.493 e. The Morgan fingerprint density at radius 2 is 1.79 bits per heavy atom. The maximum atomic E-state index is 13.3. The van der Waals surface area contributed by atoms with E-state index in [0.29, 0.717) is 25.0 Å². The Hall–Kier alpha value is -2.44. The molecule has 5 nitrogen and oxygen atoms in total. The molecule has 0 unspecified atom stereocenters. The molecule has 0 radical (unpaired) electrons. The van der Waals surface area contributed by atoms with E-state index in [9.17, 15) is 9.18 Å². The molecule has 2 heterocycles. The molecule has 2 aliphatic heterocycles. The molecule has 1 saturated heterocycles. The molecule has 3 aliphatic rings. The van der Waals surface area contributed by atoms with Crippen LogP contribution in [0.1, 0.15) is 67.1 Å². The standard InChI is InChI=1S/C28H36FN3O2/c29-24-8-3-20(4-9-24)19-32-14-1-12-31-28(33)26-18-23(11-13-30-26)25-17-22(21-5-6-21)7-10-27(25)34-16-2-15-32/h3-4,7-10,17,21,23,26,30H,1-2,5-6,11-16,18-19H2,(H,31,33)/t23-,26+/m1/s1. The number of carbonyl (C=O) groups excluding carboxylic acids is 1. The van der Waals surface area contributed by atoms with Gasteiger partial charge in [0.1, 0.15) is 11.6 Å². The van der Waals surface area contributed by atoms with Crippen LogP contribution >= 0.6 is 0 Å². The number of carbonyl (C=O) groups is 1. The summed E-state index contributed by atoms with van der Waals surface area (Å²) in [6, 6.07) is 13.3. The lowest BCUT2D eigenvalue weighted by Crippen LogP contribution is -2.48. The normalized spacial score (nSPS) is 24.8. The first-order valence-corrected chi connectivity index (χ1v) is 12.9. The summed E-state index contributed by atoms with van der Waals surface area (Å²) in [6.07, 6.45) is 6.20. The van der Waals surface area contributed by atoms with Crippen LogP contribution in [0.4, 0.5) is 4.39 Å². The summed E-state index contributed by atoms with van der Waals surface area (Å²) in [4.78, 5) is 15.3. The second-order valence-corrected chi connectivity index (χ2v) is 10.0. The SMILES string of the molecule is O=C1NCCCN(Cc2ccc(F)cc2)CCCOc2ccc(C3CC3)cc2[C@@H]2CCN[C@H]1C2. The second kappa shape index (κ2) is 10.9. The van der Waals surface area contributed by atoms with Crippen molar-refractivity contribution in [3.05, 3.63) is 65.0 Å². The molecule has 0 aromatic heterocycles. The number of nitrogens with one attached hydrogen (secondary N) is 2. The minimum absolute atomic E-state index is 0.102. The molecule has 5 rings (SSSR count). The highest BCUT2D eigenvalue weighted by Crippen LogP contribution is 2.43. The molecular weight excluding hydrogens is 429 g/mol. The molecule has 0 spiro atoms. The smallest absolute Gasteiger partial charge is 0.237 e. The molecule has 2 fully saturated rings. The van der Waals surface area contributed by atoms with Gasteiger partial charge in [-0.05, 0) is 91.8 Å². The van der Waals surface area contributed by atoms with Gasteiger partial charge in [-0.15, -0.1) is 0 Å². The Kier molecular flexibility index (Phi) is 7.45. The highest BCUT2D eigenvalue weighted by atomic mass is 19.1. The zero-order valence-corrected chi connectivity index (χ0v) is 19.9. The lowest BCUT2D eigenvalue weighted by Gasteiger charge is -2.31. The van der Waals surface area contributed by atoms with Crippen molar-refractivity contribution in [1.29, 1.82) is 0 Å². The third kappa shape index (κ3) is 5.97. The van der Waals surface area contributed by atoms with E-state index in [1.807, 2.05) is 12.1 Å². The number of hydrogen-bond donors (Lipinski definition) is 2. The first kappa shape index (κ1) is 23.3. The number of halogens is 1. The molecule has 1 saturated carbocycles. The molecule has 2 bridgehead atoms. The molecule has 2 aromatic carbocycles. The zero-order valence-electron chi connectivity index (χ0n) is 19.9. The number of rotatable bonds is 3. The maximum absolute atomic E-state index is 13.3. The van der Waals surface area contributed by atoms with Crippen molar-refractivity contribution in [3.8, 4) is 5.75 Å². The molecule has 2 aromatic rings. The van der Waals surface area contributed by atoms with Crippen LogP contribution in [0.5, 0.6) is 5.75 Å². The van der Waals surface area contributed by atoms with Crippen molar-refractivity contribution < 1.29 is 13.9 Å². The summed E-state index contributed by atoms with van der Waals surface area (Å²) in [5.41, 5.74) is 3.80. The number of fused-ring (bicyclic) bond motifs is 4. The van der Waals surface area contributed by atoms with E-state index in [2.05, 4.69) is 33.7 Å². The van der Waals surface area contributed by atoms with Gasteiger partial charge in [0.2, 0.25) is 5.91 Å². The monoisotopic (exact) mass is 465 g/mol. The number of ether oxygens (including phenoxy) is 1. The summed E-state index contributed by atoms with van der Waals surface area (Å²) in [5, 5.41) is 6.58. The van der Waals surface area contributed by atoms with E-state index in [1.165, 1.54) is 36.1 Å². The van der Waals surface area contributed by atoms with Gasteiger partial charge in [0.05, 0.1) is 12.6 Å². The van der Waals surface area contributed by atoms with Gasteiger partial charge in [-0.25, -0.2) is 4.39 Å². The van der Waals surface area contributed by atoms with E-state index in [0.717, 1.165) is 63.2 Å². The predicted octanol–water partition coefficient (Wildman–Crippen LogP) is 4.33. The quantitative estimate of drug-likeness (QED) is 0.709. The Labute approximate surface area is 202 Å². The number of piperidine rings is 1. The molecule has 6 heteroatoms. The Morgan fingerprint density at radius 1 is 0.971 bits per heavy atom. The fourth-order valence-electron chi connectivity index (χ4n) is 5.31. The molecule has 2 N–H and O–H groups in total. The van der Waals surface area contributed by atoms with Crippen LogP contribution in [-0.4, -0.2) is 49.6 Å². The van der Waals surface area contributed by atoms with E-state index >= 15 is 0 Å². The van der Waals surface area contributed by atoms with Gasteiger partial charge in [0, 0.05) is 26.2 Å². The summed E-state index contributed by atoms with van der Waals surface area (Å²) >= 11 is 0. The van der Waals surface area contributed by atoms with Crippen LogP contribution in [0.2, 0.25) is 0 Å². The summed E-state index contributed by atoms with van der Waals surface area (Å²) in [5.74, 6) is 1.91. The van der Waals surface area contributed by atoms with Crippen molar-refractivity contribution in [2.45, 2.75) is 62.9 Å². The second-order valence-electron chi connectivity index (χ2n) is 10.0. The lowest BCUT2D eigenvalue weighted by molar-refractivity contribution is -0.123. The van der Waals surface area contributed by atoms with Crippen LogP contribution in [0.25, 0.3) is 0 Å². The van der Waals surface area contributed by atoms with Crippen molar-refractivity contribution >= 4 is 5.91 Å². The number of benzene rings is 2. The first-order chi connectivity index (χ1) is 16.7. The van der Waals surface area contributed by atoms with Crippen LogP contribution in [0.15, 0.2) is 42.5 Å². The first-order valence-electron chi connectivity index (χ1n) is 12.9. The average Bonchev–Trinajstić information content (AvgIpc) is 3.71. The summed E-state index contributed by atoms with van der Waals surface area (Å²) in [7, 11) is 0. The maximum Gasteiger partial charge on any atom is 0.237 e. The Morgan fingerprint density at radius 3 is 2.62 bits per heavy atom. The van der Waals surface area contributed by atoms with Crippen LogP contribution in [0.3, 0.4) is 0 Å². The van der Waals surface area contributed by atoms with Gasteiger partial charge in [0.25, 0.3) is 0 Å². The molecule has 34 heavy (non-hydrogen) atoms. The predicted molar refractivity (Wildman–Crippen MR) is 132 cm³/mol. The minimum Gasteiger partial charge on any atom is -0.493 e. The number of amides is 1. The van der Waals surface area contributed by atoms with Crippen LogP contribution in [0, 0.1) is 5.82 Å². The van der Waals surface area contributed by atoms with Gasteiger partial charge in [-0.3, -0.25) is 9.69 Å². The number of nitrogens with zero attached hydrogens (tertiary/aromatic N) is 1.